The molecule has 25 heavy (non-hydrogen) atoms. The second-order valence-corrected chi connectivity index (χ2v) is 5.47. The number of methoxy groups -OCH3 is 1. The zero-order valence-corrected chi connectivity index (χ0v) is 14.1. The van der Waals surface area contributed by atoms with Crippen molar-refractivity contribution in [2.75, 3.05) is 25.6 Å². The molecule has 0 bridgehead atoms. The summed E-state index contributed by atoms with van der Waals surface area (Å²) in [6.45, 7) is 0.702. The third-order valence-electron chi connectivity index (χ3n) is 3.59. The summed E-state index contributed by atoms with van der Waals surface area (Å²) in [6.07, 6.45) is 3.52. The minimum absolute atomic E-state index is 0.106. The van der Waals surface area contributed by atoms with Crippen LogP contribution in [0.3, 0.4) is 0 Å². The summed E-state index contributed by atoms with van der Waals surface area (Å²) in [5.41, 5.74) is 8.11. The number of nitrogens with two attached hydrogens (primary N) is 1. The van der Waals surface area contributed by atoms with Crippen molar-refractivity contribution in [3.63, 3.8) is 0 Å². The van der Waals surface area contributed by atoms with Gasteiger partial charge in [-0.25, -0.2) is 0 Å². The fourth-order valence-electron chi connectivity index (χ4n) is 2.14. The molecule has 0 aliphatic carbocycles. The van der Waals surface area contributed by atoms with Crippen LogP contribution in [0.15, 0.2) is 48.8 Å². The average Bonchev–Trinajstić information content (AvgIpc) is 2.65. The lowest BCUT2D eigenvalue weighted by Gasteiger charge is -2.14. The van der Waals surface area contributed by atoms with Crippen LogP contribution in [-0.4, -0.2) is 37.1 Å². The minimum atomic E-state index is -0.344. The van der Waals surface area contributed by atoms with Crippen molar-refractivity contribution >= 4 is 17.5 Å². The predicted octanol–water partition coefficient (Wildman–Crippen LogP) is 1.49. The second kappa shape index (κ2) is 9.51. The maximum Gasteiger partial charge on any atom is 0.255 e. The standard InChI is InChI=1S/C18H22N4O3/c1-25-11-8-17(23)21-12-16(19)13-2-4-14(5-3-13)18(24)22-15-6-9-20-10-7-15/h2-7,9-10,16H,8,11-12,19H2,1H3,(H,21,23)(H,20,22,24). The van der Waals surface area contributed by atoms with E-state index in [0.29, 0.717) is 30.8 Å². The number of pyridine rings is 1. The molecule has 0 radical (unpaired) electrons. The molecule has 0 saturated carbocycles. The van der Waals surface area contributed by atoms with Crippen molar-refractivity contribution in [1.82, 2.24) is 10.3 Å². The molecule has 2 aromatic rings. The van der Waals surface area contributed by atoms with Gasteiger partial charge < -0.3 is 21.1 Å². The SMILES string of the molecule is COCCC(=O)NCC(N)c1ccc(C(=O)Nc2ccncc2)cc1. The number of anilines is 1. The molecule has 0 aliphatic rings. The Labute approximate surface area is 146 Å². The highest BCUT2D eigenvalue weighted by atomic mass is 16.5. The number of ether oxygens (including phenoxy) is 1. The molecular formula is C18H22N4O3. The van der Waals surface area contributed by atoms with E-state index in [1.807, 2.05) is 0 Å². The summed E-state index contributed by atoms with van der Waals surface area (Å²) >= 11 is 0. The minimum Gasteiger partial charge on any atom is -0.384 e. The Balaban J connectivity index is 1.88. The van der Waals surface area contributed by atoms with Crippen LogP contribution >= 0.6 is 0 Å². The van der Waals surface area contributed by atoms with Gasteiger partial charge >= 0.3 is 0 Å². The van der Waals surface area contributed by atoms with Crippen LogP contribution in [0, 0.1) is 0 Å². The maximum absolute atomic E-state index is 12.2. The normalized spacial score (nSPS) is 11.6. The van der Waals surface area contributed by atoms with E-state index in [-0.39, 0.29) is 17.9 Å². The number of carbonyl (C=O) groups excluding carboxylic acids is 2. The molecular weight excluding hydrogens is 320 g/mol. The monoisotopic (exact) mass is 342 g/mol. The highest BCUT2D eigenvalue weighted by Crippen LogP contribution is 2.13. The maximum atomic E-state index is 12.2. The molecule has 2 amide bonds. The van der Waals surface area contributed by atoms with Gasteiger partial charge in [0, 0.05) is 49.8 Å². The highest BCUT2D eigenvalue weighted by molar-refractivity contribution is 6.04. The van der Waals surface area contributed by atoms with Gasteiger partial charge in [-0.15, -0.1) is 0 Å². The van der Waals surface area contributed by atoms with Gasteiger partial charge in [-0.05, 0) is 29.8 Å². The van der Waals surface area contributed by atoms with Crippen molar-refractivity contribution < 1.29 is 14.3 Å². The highest BCUT2D eigenvalue weighted by Gasteiger charge is 2.10. The zero-order chi connectivity index (χ0) is 18.1. The van der Waals surface area contributed by atoms with Crippen LogP contribution in [0.2, 0.25) is 0 Å². The first-order valence-corrected chi connectivity index (χ1v) is 7.92. The topological polar surface area (TPSA) is 106 Å². The number of amides is 2. The Bertz CT molecular complexity index is 689. The van der Waals surface area contributed by atoms with E-state index in [1.165, 1.54) is 0 Å². The van der Waals surface area contributed by atoms with E-state index < -0.39 is 0 Å². The van der Waals surface area contributed by atoms with Crippen LogP contribution < -0.4 is 16.4 Å². The number of nitrogens with zero attached hydrogens (tertiary/aromatic N) is 1. The summed E-state index contributed by atoms with van der Waals surface area (Å²) in [7, 11) is 1.55. The van der Waals surface area contributed by atoms with E-state index >= 15 is 0 Å². The van der Waals surface area contributed by atoms with Crippen molar-refractivity contribution in [3.05, 3.63) is 59.9 Å². The van der Waals surface area contributed by atoms with Gasteiger partial charge in [0.25, 0.3) is 5.91 Å². The lowest BCUT2D eigenvalue weighted by molar-refractivity contribution is -0.122. The van der Waals surface area contributed by atoms with E-state index in [2.05, 4.69) is 15.6 Å². The Kier molecular flexibility index (Phi) is 7.06. The lowest BCUT2D eigenvalue weighted by atomic mass is 10.0. The second-order valence-electron chi connectivity index (χ2n) is 5.47. The van der Waals surface area contributed by atoms with E-state index in [9.17, 15) is 9.59 Å². The molecule has 0 fully saturated rings. The van der Waals surface area contributed by atoms with Crippen molar-refractivity contribution in [2.24, 2.45) is 5.73 Å². The van der Waals surface area contributed by atoms with E-state index in [4.69, 9.17) is 10.5 Å². The molecule has 0 saturated heterocycles. The molecule has 4 N–H and O–H groups in total. The van der Waals surface area contributed by atoms with Crippen molar-refractivity contribution in [1.29, 1.82) is 0 Å². The number of rotatable bonds is 8. The molecule has 0 spiro atoms. The number of aromatic nitrogens is 1. The molecule has 1 aromatic heterocycles. The van der Waals surface area contributed by atoms with Gasteiger partial charge in [0.05, 0.1) is 6.61 Å². The Morgan fingerprint density at radius 1 is 1.16 bits per heavy atom. The predicted molar refractivity (Wildman–Crippen MR) is 95.1 cm³/mol. The van der Waals surface area contributed by atoms with E-state index in [0.717, 1.165) is 5.56 Å². The van der Waals surface area contributed by atoms with Crippen molar-refractivity contribution in [2.45, 2.75) is 12.5 Å². The first-order chi connectivity index (χ1) is 12.1. The molecule has 7 heteroatoms. The van der Waals surface area contributed by atoms with Gasteiger partial charge in [0.15, 0.2) is 0 Å². The molecule has 132 valence electrons. The fourth-order valence-corrected chi connectivity index (χ4v) is 2.14. The van der Waals surface area contributed by atoms with Crippen LogP contribution in [0.4, 0.5) is 5.69 Å². The van der Waals surface area contributed by atoms with Crippen LogP contribution in [-0.2, 0) is 9.53 Å². The molecule has 1 heterocycles. The number of carbonyl (C=O) groups is 2. The molecule has 7 nitrogen and oxygen atoms in total. The molecule has 2 rings (SSSR count). The summed E-state index contributed by atoms with van der Waals surface area (Å²) < 4.78 is 4.85. The Morgan fingerprint density at radius 2 is 1.84 bits per heavy atom. The lowest BCUT2D eigenvalue weighted by Crippen LogP contribution is -2.32. The van der Waals surface area contributed by atoms with Gasteiger partial charge in [-0.2, -0.15) is 0 Å². The quantitative estimate of drug-likeness (QED) is 0.674. The number of nitrogens with one attached hydrogen (secondary N) is 2. The molecule has 0 aliphatic heterocycles. The third kappa shape index (κ3) is 5.98. The first-order valence-electron chi connectivity index (χ1n) is 7.92. The average molecular weight is 342 g/mol. The first kappa shape index (κ1) is 18.6. The Hall–Kier alpha value is -2.77. The van der Waals surface area contributed by atoms with Gasteiger partial charge in [-0.1, -0.05) is 12.1 Å². The Morgan fingerprint density at radius 3 is 2.48 bits per heavy atom. The fraction of sp³-hybridized carbons (Fsp3) is 0.278. The molecule has 1 atom stereocenters. The van der Waals surface area contributed by atoms with Crippen LogP contribution in [0.1, 0.15) is 28.4 Å². The number of hydrogen-bond acceptors (Lipinski definition) is 5. The number of hydrogen-bond donors (Lipinski definition) is 3. The number of benzene rings is 1. The zero-order valence-electron chi connectivity index (χ0n) is 14.1. The van der Waals surface area contributed by atoms with Gasteiger partial charge in [-0.3, -0.25) is 14.6 Å². The van der Waals surface area contributed by atoms with Gasteiger partial charge in [0.2, 0.25) is 5.91 Å². The summed E-state index contributed by atoms with van der Waals surface area (Å²) in [4.78, 5) is 27.6. The largest absolute Gasteiger partial charge is 0.384 e. The molecule has 1 unspecified atom stereocenters. The smallest absolute Gasteiger partial charge is 0.255 e. The van der Waals surface area contributed by atoms with Crippen LogP contribution in [0.25, 0.3) is 0 Å². The third-order valence-corrected chi connectivity index (χ3v) is 3.59. The summed E-state index contributed by atoms with van der Waals surface area (Å²) in [5, 5.41) is 5.54. The molecule has 1 aromatic carbocycles. The van der Waals surface area contributed by atoms with E-state index in [1.54, 1.807) is 55.9 Å². The van der Waals surface area contributed by atoms with Crippen LogP contribution in [0.5, 0.6) is 0 Å². The summed E-state index contributed by atoms with van der Waals surface area (Å²) in [5.74, 6) is -0.315. The summed E-state index contributed by atoms with van der Waals surface area (Å²) in [6, 6.07) is 10.1. The van der Waals surface area contributed by atoms with Gasteiger partial charge in [0.1, 0.15) is 0 Å². The van der Waals surface area contributed by atoms with Crippen molar-refractivity contribution in [3.8, 4) is 0 Å².